The predicted octanol–water partition coefficient (Wildman–Crippen LogP) is 4.86. The zero-order chi connectivity index (χ0) is 18.7. The molecule has 0 saturated heterocycles. The summed E-state index contributed by atoms with van der Waals surface area (Å²) < 4.78 is 5.17. The molecule has 3 aromatic rings. The maximum absolute atomic E-state index is 12.8. The molecule has 1 amide bonds. The van der Waals surface area contributed by atoms with Gasteiger partial charge in [0.05, 0.1) is 17.0 Å². The summed E-state index contributed by atoms with van der Waals surface area (Å²) in [5.41, 5.74) is 4.01. The Bertz CT molecular complexity index is 925. The summed E-state index contributed by atoms with van der Waals surface area (Å²) in [4.78, 5) is 19.8. The second kappa shape index (κ2) is 8.16. The number of ether oxygens (including phenoxy) is 1. The summed E-state index contributed by atoms with van der Waals surface area (Å²) in [5.74, 6) is -0.0198. The minimum atomic E-state index is -0.0198. The lowest BCUT2D eigenvalue weighted by Gasteiger charge is -2.22. The van der Waals surface area contributed by atoms with Gasteiger partial charge < -0.3 is 9.64 Å². The summed E-state index contributed by atoms with van der Waals surface area (Å²) in [5, 5.41) is 3.38. The molecule has 0 aliphatic rings. The molecule has 0 aliphatic carbocycles. The van der Waals surface area contributed by atoms with Crippen LogP contribution in [0.2, 0.25) is 5.15 Å². The molecule has 0 atom stereocenters. The summed E-state index contributed by atoms with van der Waals surface area (Å²) in [7, 11) is 1.63. The molecule has 2 heterocycles. The Kier molecular flexibility index (Phi) is 5.91. The fourth-order valence-corrected chi connectivity index (χ4v) is 3.89. The van der Waals surface area contributed by atoms with E-state index in [0.717, 1.165) is 22.0 Å². The Labute approximate surface area is 162 Å². The Morgan fingerprint density at radius 1 is 1.31 bits per heavy atom. The number of carbonyl (C=O) groups excluding carboxylic acids is 1. The fraction of sp³-hybridized carbons (Fsp3) is 0.300. The van der Waals surface area contributed by atoms with Crippen LogP contribution in [0.3, 0.4) is 0 Å². The molecule has 0 N–H and O–H groups in total. The highest BCUT2D eigenvalue weighted by molar-refractivity contribution is 7.12. The van der Waals surface area contributed by atoms with E-state index in [1.807, 2.05) is 30.5 Å². The van der Waals surface area contributed by atoms with E-state index >= 15 is 0 Å². The number of rotatable bonds is 6. The van der Waals surface area contributed by atoms with Gasteiger partial charge in [-0.3, -0.25) is 4.79 Å². The highest BCUT2D eigenvalue weighted by atomic mass is 35.5. The Morgan fingerprint density at radius 3 is 2.81 bits per heavy atom. The number of thiophene rings is 1. The number of benzene rings is 1. The number of methoxy groups -OCH3 is 1. The molecule has 1 aromatic carbocycles. The normalized spacial score (nSPS) is 11.1. The monoisotopic (exact) mass is 388 g/mol. The van der Waals surface area contributed by atoms with Crippen LogP contribution in [0.1, 0.15) is 26.4 Å². The van der Waals surface area contributed by atoms with Gasteiger partial charge in [0.15, 0.2) is 0 Å². The maximum Gasteiger partial charge on any atom is 0.264 e. The van der Waals surface area contributed by atoms with Gasteiger partial charge in [-0.15, -0.1) is 11.3 Å². The van der Waals surface area contributed by atoms with Crippen LogP contribution >= 0.6 is 22.9 Å². The Hall–Kier alpha value is -1.95. The number of aryl methyl sites for hydroxylation is 2. The summed E-state index contributed by atoms with van der Waals surface area (Å²) in [6, 6.07) is 9.93. The van der Waals surface area contributed by atoms with Crippen LogP contribution in [0.25, 0.3) is 10.9 Å². The van der Waals surface area contributed by atoms with E-state index in [2.05, 4.69) is 24.0 Å². The van der Waals surface area contributed by atoms with Gasteiger partial charge in [-0.25, -0.2) is 4.98 Å². The number of amides is 1. The number of carbonyl (C=O) groups is 1. The van der Waals surface area contributed by atoms with Crippen LogP contribution in [0, 0.1) is 13.8 Å². The Morgan fingerprint density at radius 2 is 2.12 bits per heavy atom. The third-order valence-electron chi connectivity index (χ3n) is 4.22. The van der Waals surface area contributed by atoms with Gasteiger partial charge in [0.25, 0.3) is 5.91 Å². The van der Waals surface area contributed by atoms with Crippen molar-refractivity contribution in [3.8, 4) is 0 Å². The number of nitrogens with zero attached hydrogens (tertiary/aromatic N) is 2. The number of fused-ring (bicyclic) bond motifs is 1. The molecule has 26 heavy (non-hydrogen) atoms. The van der Waals surface area contributed by atoms with Crippen LogP contribution in [0.5, 0.6) is 0 Å². The van der Waals surface area contributed by atoms with Crippen molar-refractivity contribution in [1.29, 1.82) is 0 Å². The minimum Gasteiger partial charge on any atom is -0.383 e. The van der Waals surface area contributed by atoms with Crippen LogP contribution in [0.4, 0.5) is 0 Å². The van der Waals surface area contributed by atoms with Crippen molar-refractivity contribution in [2.24, 2.45) is 0 Å². The van der Waals surface area contributed by atoms with Crippen molar-refractivity contribution in [3.63, 3.8) is 0 Å². The molecule has 4 nitrogen and oxygen atoms in total. The summed E-state index contributed by atoms with van der Waals surface area (Å²) in [6.45, 7) is 5.45. The quantitative estimate of drug-likeness (QED) is 0.566. The number of hydrogen-bond acceptors (Lipinski definition) is 4. The van der Waals surface area contributed by atoms with E-state index in [9.17, 15) is 4.79 Å². The molecule has 0 saturated carbocycles. The minimum absolute atomic E-state index is 0.0198. The first-order valence-corrected chi connectivity index (χ1v) is 9.63. The molecule has 0 bridgehead atoms. The standard InChI is InChI=1S/C20H21ClN2O2S/c1-13-9-14(2)18-15(10-13)11-16(19(21)22-18)12-23(6-7-25-3)20(24)17-5-4-8-26-17/h4-5,8-11H,6-7,12H2,1-3H3. The lowest BCUT2D eigenvalue weighted by atomic mass is 10.1. The second-order valence-corrected chi connectivity index (χ2v) is 7.59. The molecule has 0 spiro atoms. The van der Waals surface area contributed by atoms with Crippen LogP contribution in [-0.2, 0) is 11.3 Å². The van der Waals surface area contributed by atoms with Gasteiger partial charge in [0.1, 0.15) is 5.15 Å². The first kappa shape index (κ1) is 18.8. The lowest BCUT2D eigenvalue weighted by molar-refractivity contribution is 0.0685. The van der Waals surface area contributed by atoms with E-state index < -0.39 is 0 Å². The fourth-order valence-electron chi connectivity index (χ4n) is 3.00. The third kappa shape index (κ3) is 4.06. The lowest BCUT2D eigenvalue weighted by Crippen LogP contribution is -2.33. The maximum atomic E-state index is 12.8. The summed E-state index contributed by atoms with van der Waals surface area (Å²) >= 11 is 7.88. The predicted molar refractivity (Wildman–Crippen MR) is 107 cm³/mol. The van der Waals surface area contributed by atoms with Crippen molar-refractivity contribution in [2.75, 3.05) is 20.3 Å². The molecule has 136 valence electrons. The van der Waals surface area contributed by atoms with Crippen molar-refractivity contribution in [2.45, 2.75) is 20.4 Å². The van der Waals surface area contributed by atoms with Crippen molar-refractivity contribution in [3.05, 3.63) is 62.4 Å². The molecule has 0 fully saturated rings. The van der Waals surface area contributed by atoms with Gasteiger partial charge in [0, 0.05) is 31.1 Å². The van der Waals surface area contributed by atoms with E-state index in [0.29, 0.717) is 29.7 Å². The van der Waals surface area contributed by atoms with E-state index in [4.69, 9.17) is 16.3 Å². The van der Waals surface area contributed by atoms with E-state index in [1.165, 1.54) is 16.9 Å². The van der Waals surface area contributed by atoms with Crippen molar-refractivity contribution in [1.82, 2.24) is 9.88 Å². The van der Waals surface area contributed by atoms with E-state index in [-0.39, 0.29) is 5.91 Å². The number of pyridine rings is 1. The third-order valence-corrected chi connectivity index (χ3v) is 5.41. The molecular weight excluding hydrogens is 368 g/mol. The first-order valence-electron chi connectivity index (χ1n) is 8.37. The first-order chi connectivity index (χ1) is 12.5. The SMILES string of the molecule is COCCN(Cc1cc2cc(C)cc(C)c2nc1Cl)C(=O)c1cccs1. The number of hydrogen-bond donors (Lipinski definition) is 0. The van der Waals surface area contributed by atoms with Crippen LogP contribution in [0.15, 0.2) is 35.7 Å². The van der Waals surface area contributed by atoms with Crippen LogP contribution < -0.4 is 0 Å². The largest absolute Gasteiger partial charge is 0.383 e. The molecule has 0 aliphatic heterocycles. The summed E-state index contributed by atoms with van der Waals surface area (Å²) in [6.07, 6.45) is 0. The molecule has 3 rings (SSSR count). The smallest absolute Gasteiger partial charge is 0.264 e. The zero-order valence-corrected chi connectivity index (χ0v) is 16.7. The Balaban J connectivity index is 1.95. The zero-order valence-electron chi connectivity index (χ0n) is 15.1. The molecule has 2 aromatic heterocycles. The number of halogens is 1. The van der Waals surface area contributed by atoms with Crippen molar-refractivity contribution < 1.29 is 9.53 Å². The van der Waals surface area contributed by atoms with Crippen LogP contribution in [-0.4, -0.2) is 36.1 Å². The highest BCUT2D eigenvalue weighted by Gasteiger charge is 2.19. The van der Waals surface area contributed by atoms with Gasteiger partial charge in [0.2, 0.25) is 0 Å². The van der Waals surface area contributed by atoms with E-state index in [1.54, 1.807) is 12.0 Å². The van der Waals surface area contributed by atoms with Crippen molar-refractivity contribution >= 4 is 39.7 Å². The molecule has 0 radical (unpaired) electrons. The van der Waals surface area contributed by atoms with Gasteiger partial charge in [-0.1, -0.05) is 29.3 Å². The molecular formula is C20H21ClN2O2S. The number of aromatic nitrogens is 1. The highest BCUT2D eigenvalue weighted by Crippen LogP contribution is 2.26. The molecule has 0 unspecified atom stereocenters. The van der Waals surface area contributed by atoms with Gasteiger partial charge in [-0.2, -0.15) is 0 Å². The second-order valence-electron chi connectivity index (χ2n) is 6.29. The average Bonchev–Trinajstić information content (AvgIpc) is 3.13. The van der Waals surface area contributed by atoms with Gasteiger partial charge in [-0.05, 0) is 43.0 Å². The molecule has 6 heteroatoms. The average molecular weight is 389 g/mol. The topological polar surface area (TPSA) is 42.4 Å². The van der Waals surface area contributed by atoms with Gasteiger partial charge >= 0.3 is 0 Å².